The third-order valence-corrected chi connectivity index (χ3v) is 5.31. The molecule has 5 nitrogen and oxygen atoms in total. The number of hydrogen-bond acceptors (Lipinski definition) is 5. The van der Waals surface area contributed by atoms with Gasteiger partial charge in [0.1, 0.15) is 0 Å². The summed E-state index contributed by atoms with van der Waals surface area (Å²) in [7, 11) is -1.80. The highest BCUT2D eigenvalue weighted by molar-refractivity contribution is 7.45. The first-order valence-electron chi connectivity index (χ1n) is 9.53. The number of aromatic nitrogens is 2. The second kappa shape index (κ2) is 10.4. The summed E-state index contributed by atoms with van der Waals surface area (Å²) in [5.41, 5.74) is 6.50. The molecule has 0 aliphatic rings. The Hall–Kier alpha value is -2.17. The number of pyridine rings is 2. The molecule has 0 amide bonds. The van der Waals surface area contributed by atoms with Gasteiger partial charge in [0.2, 0.25) is 0 Å². The monoisotopic (exact) mass is 395 g/mol. The van der Waals surface area contributed by atoms with Gasteiger partial charge in [-0.1, -0.05) is 37.3 Å². The van der Waals surface area contributed by atoms with Crippen molar-refractivity contribution in [3.05, 3.63) is 72.2 Å². The van der Waals surface area contributed by atoms with E-state index in [9.17, 15) is 0 Å². The van der Waals surface area contributed by atoms with Crippen LogP contribution in [0.2, 0.25) is 0 Å². The fourth-order valence-electron chi connectivity index (χ4n) is 3.04. The van der Waals surface area contributed by atoms with Crippen LogP contribution in [0.4, 0.5) is 0 Å². The van der Waals surface area contributed by atoms with Crippen molar-refractivity contribution in [3.63, 3.8) is 0 Å². The standard InChI is InChI=1S/C22H26N3O2P/c1-2-17-4-6-18(7-5-17)21-9-8-20(16-24-12-3-15-28(26)27)25-22(21)19-10-13-23-14-11-19/h4-11,13-14,24,26-27H,2-3,12,15-16H2,1H3. The van der Waals surface area contributed by atoms with Gasteiger partial charge in [0.05, 0.1) is 11.4 Å². The molecule has 3 rings (SSSR count). The smallest absolute Gasteiger partial charge is 0.164 e. The zero-order chi connectivity index (χ0) is 19.8. The third kappa shape index (κ3) is 5.66. The molecule has 0 unspecified atom stereocenters. The zero-order valence-electron chi connectivity index (χ0n) is 16.0. The molecule has 6 heteroatoms. The highest BCUT2D eigenvalue weighted by Gasteiger charge is 2.11. The minimum Gasteiger partial charge on any atom is -0.350 e. The molecule has 28 heavy (non-hydrogen) atoms. The molecule has 0 aliphatic heterocycles. The molecular weight excluding hydrogens is 369 g/mol. The van der Waals surface area contributed by atoms with Crippen molar-refractivity contribution < 1.29 is 9.79 Å². The van der Waals surface area contributed by atoms with E-state index in [2.05, 4.69) is 47.6 Å². The molecule has 0 atom stereocenters. The normalized spacial score (nSPS) is 11.1. The Kier molecular flexibility index (Phi) is 7.63. The summed E-state index contributed by atoms with van der Waals surface area (Å²) in [4.78, 5) is 27.0. The average Bonchev–Trinajstić information content (AvgIpc) is 2.74. The highest BCUT2D eigenvalue weighted by Crippen LogP contribution is 2.31. The van der Waals surface area contributed by atoms with Crippen LogP contribution in [-0.2, 0) is 13.0 Å². The molecule has 0 bridgehead atoms. The van der Waals surface area contributed by atoms with Gasteiger partial charge >= 0.3 is 0 Å². The van der Waals surface area contributed by atoms with Gasteiger partial charge < -0.3 is 15.1 Å². The van der Waals surface area contributed by atoms with Crippen molar-refractivity contribution >= 4 is 8.38 Å². The first-order valence-corrected chi connectivity index (χ1v) is 11.0. The molecular formula is C22H26N3O2P. The van der Waals surface area contributed by atoms with Gasteiger partial charge in [-0.05, 0) is 48.7 Å². The molecule has 3 N–H and O–H groups in total. The number of nitrogens with one attached hydrogen (secondary N) is 1. The summed E-state index contributed by atoms with van der Waals surface area (Å²) in [5.74, 6) is 0. The van der Waals surface area contributed by atoms with Crippen molar-refractivity contribution in [2.24, 2.45) is 0 Å². The summed E-state index contributed by atoms with van der Waals surface area (Å²) in [5, 5.41) is 3.32. The van der Waals surface area contributed by atoms with Crippen molar-refractivity contribution in [2.45, 2.75) is 26.3 Å². The number of nitrogens with zero attached hydrogens (tertiary/aromatic N) is 2. The Balaban J connectivity index is 1.83. The largest absolute Gasteiger partial charge is 0.350 e. The molecule has 1 aromatic carbocycles. The minimum absolute atomic E-state index is 0.435. The van der Waals surface area contributed by atoms with Gasteiger partial charge in [-0.3, -0.25) is 9.97 Å². The lowest BCUT2D eigenvalue weighted by Crippen LogP contribution is -2.16. The maximum Gasteiger partial charge on any atom is 0.164 e. The van der Waals surface area contributed by atoms with Gasteiger partial charge in [-0.2, -0.15) is 0 Å². The maximum absolute atomic E-state index is 8.98. The predicted molar refractivity (Wildman–Crippen MR) is 115 cm³/mol. The molecule has 0 fully saturated rings. The van der Waals surface area contributed by atoms with Crippen LogP contribution in [0.5, 0.6) is 0 Å². The lowest BCUT2D eigenvalue weighted by atomic mass is 9.98. The molecule has 0 saturated carbocycles. The molecule has 3 aromatic rings. The Morgan fingerprint density at radius 2 is 1.68 bits per heavy atom. The fraction of sp³-hybridized carbons (Fsp3) is 0.273. The Morgan fingerprint density at radius 3 is 2.36 bits per heavy atom. The minimum atomic E-state index is -1.80. The Labute approximate surface area is 167 Å². The van der Waals surface area contributed by atoms with E-state index in [4.69, 9.17) is 14.8 Å². The van der Waals surface area contributed by atoms with E-state index in [1.165, 1.54) is 5.56 Å². The van der Waals surface area contributed by atoms with Crippen molar-refractivity contribution in [2.75, 3.05) is 12.7 Å². The van der Waals surface area contributed by atoms with E-state index < -0.39 is 8.38 Å². The lowest BCUT2D eigenvalue weighted by molar-refractivity contribution is 0.479. The molecule has 0 radical (unpaired) electrons. The van der Waals surface area contributed by atoms with E-state index in [0.29, 0.717) is 12.7 Å². The quantitative estimate of drug-likeness (QED) is 0.375. The van der Waals surface area contributed by atoms with Crippen molar-refractivity contribution in [1.82, 2.24) is 15.3 Å². The summed E-state index contributed by atoms with van der Waals surface area (Å²) in [6.07, 6.45) is 5.76. The molecule has 2 aromatic heterocycles. The van der Waals surface area contributed by atoms with Gasteiger partial charge in [-0.15, -0.1) is 0 Å². The van der Waals surface area contributed by atoms with E-state index in [-0.39, 0.29) is 0 Å². The van der Waals surface area contributed by atoms with Crippen LogP contribution in [0.1, 0.15) is 24.6 Å². The topological polar surface area (TPSA) is 78.3 Å². The number of benzene rings is 1. The Morgan fingerprint density at radius 1 is 0.929 bits per heavy atom. The first kappa shape index (κ1) is 20.6. The Bertz CT molecular complexity index is 871. The summed E-state index contributed by atoms with van der Waals surface area (Å²) in [6.45, 7) is 3.53. The summed E-state index contributed by atoms with van der Waals surface area (Å²) in [6, 6.07) is 16.8. The second-order valence-corrected chi connectivity index (χ2v) is 7.80. The third-order valence-electron chi connectivity index (χ3n) is 4.60. The second-order valence-electron chi connectivity index (χ2n) is 6.61. The van der Waals surface area contributed by atoms with Crippen LogP contribution in [0.15, 0.2) is 60.9 Å². The molecule has 2 heterocycles. The van der Waals surface area contributed by atoms with Gasteiger partial charge in [-0.25, -0.2) is 0 Å². The van der Waals surface area contributed by atoms with Crippen LogP contribution in [0.3, 0.4) is 0 Å². The van der Waals surface area contributed by atoms with Crippen LogP contribution < -0.4 is 5.32 Å². The number of hydrogen-bond donors (Lipinski definition) is 3. The van der Waals surface area contributed by atoms with Crippen LogP contribution in [0, 0.1) is 0 Å². The summed E-state index contributed by atoms with van der Waals surface area (Å²) < 4.78 is 0. The van der Waals surface area contributed by atoms with E-state index >= 15 is 0 Å². The van der Waals surface area contributed by atoms with E-state index in [1.807, 2.05) is 18.2 Å². The number of rotatable bonds is 9. The van der Waals surface area contributed by atoms with Crippen molar-refractivity contribution in [1.29, 1.82) is 0 Å². The summed E-state index contributed by atoms with van der Waals surface area (Å²) >= 11 is 0. The van der Waals surface area contributed by atoms with Gasteiger partial charge in [0, 0.05) is 36.2 Å². The van der Waals surface area contributed by atoms with E-state index in [0.717, 1.165) is 47.5 Å². The van der Waals surface area contributed by atoms with Gasteiger partial charge in [0.25, 0.3) is 0 Å². The molecule has 0 spiro atoms. The average molecular weight is 395 g/mol. The predicted octanol–water partition coefficient (Wildman–Crippen LogP) is 4.15. The van der Waals surface area contributed by atoms with Crippen LogP contribution in [0.25, 0.3) is 22.4 Å². The number of aryl methyl sites for hydroxylation is 1. The molecule has 0 saturated heterocycles. The van der Waals surface area contributed by atoms with Crippen LogP contribution in [-0.4, -0.2) is 32.5 Å². The maximum atomic E-state index is 8.98. The first-order chi connectivity index (χ1) is 13.7. The fourth-order valence-corrected chi connectivity index (χ4v) is 3.48. The van der Waals surface area contributed by atoms with Crippen LogP contribution >= 0.6 is 8.38 Å². The zero-order valence-corrected chi connectivity index (χ0v) is 16.9. The highest BCUT2D eigenvalue weighted by atomic mass is 31.2. The molecule has 0 aliphatic carbocycles. The van der Waals surface area contributed by atoms with Crippen molar-refractivity contribution in [3.8, 4) is 22.4 Å². The van der Waals surface area contributed by atoms with E-state index in [1.54, 1.807) is 12.4 Å². The SMILES string of the molecule is CCc1ccc(-c2ccc(CNCCCP(O)O)nc2-c2ccncc2)cc1. The lowest BCUT2D eigenvalue weighted by Gasteiger charge is -2.13. The molecule has 146 valence electrons. The van der Waals surface area contributed by atoms with Gasteiger partial charge in [0.15, 0.2) is 8.38 Å².